The third kappa shape index (κ3) is 5.71. The molecule has 0 spiro atoms. The largest absolute Gasteiger partial charge is 0.0651 e. The molecule has 0 heteroatoms. The molecule has 0 aliphatic heterocycles. The van der Waals surface area contributed by atoms with Gasteiger partial charge in [-0.05, 0) is 23.8 Å². The normalized spacial score (nSPS) is 17.7. The zero-order valence-corrected chi connectivity index (χ0v) is 12.5. The van der Waals surface area contributed by atoms with E-state index in [1.54, 1.807) is 0 Å². The number of hydrogen-bond acceptors (Lipinski definition) is 0. The fourth-order valence-corrected chi connectivity index (χ4v) is 2.61. The molecule has 102 valence electrons. The van der Waals surface area contributed by atoms with Crippen molar-refractivity contribution in [3.8, 4) is 0 Å². The Kier molecular flexibility index (Phi) is 7.80. The molecule has 0 amide bonds. The van der Waals surface area contributed by atoms with Crippen LogP contribution in [0.5, 0.6) is 0 Å². The Labute approximate surface area is 114 Å². The molecule has 0 N–H and O–H groups in total. The lowest BCUT2D eigenvalue weighted by atomic mass is 9.88. The molecule has 0 bridgehead atoms. The summed E-state index contributed by atoms with van der Waals surface area (Å²) < 4.78 is 0. The molecule has 1 saturated carbocycles. The molecule has 1 unspecified atom stereocenters. The molecule has 1 aromatic rings. The van der Waals surface area contributed by atoms with Crippen molar-refractivity contribution >= 4 is 0 Å². The molecular weight excluding hydrogens is 216 g/mol. The minimum atomic E-state index is 0.709. The van der Waals surface area contributed by atoms with Crippen LogP contribution in [0.25, 0.3) is 0 Å². The van der Waals surface area contributed by atoms with Crippen LogP contribution >= 0.6 is 0 Å². The van der Waals surface area contributed by atoms with Crippen LogP contribution in [0, 0.1) is 5.92 Å². The summed E-state index contributed by atoms with van der Waals surface area (Å²) >= 11 is 0. The van der Waals surface area contributed by atoms with Gasteiger partial charge in [0.2, 0.25) is 0 Å². The van der Waals surface area contributed by atoms with Crippen molar-refractivity contribution in [2.75, 3.05) is 0 Å². The van der Waals surface area contributed by atoms with Gasteiger partial charge in [0.05, 0.1) is 0 Å². The third-order valence-corrected chi connectivity index (χ3v) is 4.28. The Morgan fingerprint density at radius 3 is 2.06 bits per heavy atom. The van der Waals surface area contributed by atoms with Gasteiger partial charge in [-0.1, -0.05) is 89.6 Å². The maximum Gasteiger partial charge on any atom is -0.0193 e. The van der Waals surface area contributed by atoms with Gasteiger partial charge in [-0.15, -0.1) is 0 Å². The van der Waals surface area contributed by atoms with Crippen molar-refractivity contribution in [2.45, 2.75) is 71.6 Å². The highest BCUT2D eigenvalue weighted by Gasteiger charge is 2.09. The highest BCUT2D eigenvalue weighted by atomic mass is 14.2. The smallest absolute Gasteiger partial charge is 0.0193 e. The van der Waals surface area contributed by atoms with Crippen LogP contribution in [0.1, 0.15) is 77.2 Å². The van der Waals surface area contributed by atoms with Crippen molar-refractivity contribution in [1.29, 1.82) is 0 Å². The lowest BCUT2D eigenvalue weighted by molar-refractivity contribution is 0.349. The average Bonchev–Trinajstić information content (AvgIpc) is 2.49. The Balaban J connectivity index is 0.000000184. The van der Waals surface area contributed by atoms with Gasteiger partial charge in [0.1, 0.15) is 0 Å². The van der Waals surface area contributed by atoms with Crippen LogP contribution in [0.15, 0.2) is 30.3 Å². The van der Waals surface area contributed by atoms with Gasteiger partial charge in [0.25, 0.3) is 0 Å². The summed E-state index contributed by atoms with van der Waals surface area (Å²) in [4.78, 5) is 0. The first-order chi connectivity index (χ1) is 8.77. The molecule has 0 aromatic heterocycles. The molecule has 0 heterocycles. The van der Waals surface area contributed by atoms with E-state index in [0.717, 1.165) is 5.92 Å². The van der Waals surface area contributed by atoms with Crippen LogP contribution < -0.4 is 0 Å². The van der Waals surface area contributed by atoms with Gasteiger partial charge in [0.15, 0.2) is 0 Å². The van der Waals surface area contributed by atoms with Gasteiger partial charge < -0.3 is 0 Å². The summed E-state index contributed by atoms with van der Waals surface area (Å²) in [6.45, 7) is 6.79. The van der Waals surface area contributed by atoms with Crippen molar-refractivity contribution < 1.29 is 0 Å². The molecule has 18 heavy (non-hydrogen) atoms. The van der Waals surface area contributed by atoms with Crippen molar-refractivity contribution in [2.24, 2.45) is 5.92 Å². The van der Waals surface area contributed by atoms with E-state index >= 15 is 0 Å². The fourth-order valence-electron chi connectivity index (χ4n) is 2.61. The van der Waals surface area contributed by atoms with Crippen LogP contribution in [0.4, 0.5) is 0 Å². The number of benzene rings is 1. The van der Waals surface area contributed by atoms with Gasteiger partial charge in [-0.3, -0.25) is 0 Å². The van der Waals surface area contributed by atoms with Crippen molar-refractivity contribution in [3.05, 3.63) is 35.9 Å². The second kappa shape index (κ2) is 9.19. The van der Waals surface area contributed by atoms with E-state index in [9.17, 15) is 0 Å². The predicted octanol–water partition coefficient (Wildman–Crippen LogP) is 6.18. The van der Waals surface area contributed by atoms with E-state index in [1.807, 2.05) is 0 Å². The van der Waals surface area contributed by atoms with Crippen molar-refractivity contribution in [1.82, 2.24) is 0 Å². The molecular formula is C18H30. The highest BCUT2D eigenvalue weighted by Crippen LogP contribution is 2.25. The average molecular weight is 246 g/mol. The monoisotopic (exact) mass is 246 g/mol. The summed E-state index contributed by atoms with van der Waals surface area (Å²) in [5, 5.41) is 0. The topological polar surface area (TPSA) is 0 Å². The van der Waals surface area contributed by atoms with E-state index in [-0.39, 0.29) is 0 Å². The van der Waals surface area contributed by atoms with Crippen LogP contribution in [0.2, 0.25) is 0 Å². The molecule has 1 fully saturated rings. The Bertz CT molecular complexity index is 282. The van der Waals surface area contributed by atoms with Gasteiger partial charge in [-0.25, -0.2) is 0 Å². The van der Waals surface area contributed by atoms with Gasteiger partial charge in [-0.2, -0.15) is 0 Å². The van der Waals surface area contributed by atoms with Crippen LogP contribution in [-0.4, -0.2) is 0 Å². The molecule has 0 radical (unpaired) electrons. The lowest BCUT2D eigenvalue weighted by Gasteiger charge is -2.18. The summed E-state index contributed by atoms with van der Waals surface area (Å²) in [6, 6.07) is 10.6. The Hall–Kier alpha value is -0.780. The summed E-state index contributed by atoms with van der Waals surface area (Å²) in [5.74, 6) is 1.80. The van der Waals surface area contributed by atoms with Crippen molar-refractivity contribution in [3.63, 3.8) is 0 Å². The first-order valence-electron chi connectivity index (χ1n) is 7.82. The van der Waals surface area contributed by atoms with Crippen LogP contribution in [0.3, 0.4) is 0 Å². The van der Waals surface area contributed by atoms with Gasteiger partial charge in [0, 0.05) is 0 Å². The zero-order valence-electron chi connectivity index (χ0n) is 12.5. The Morgan fingerprint density at radius 1 is 1.00 bits per heavy atom. The van der Waals surface area contributed by atoms with E-state index in [4.69, 9.17) is 0 Å². The predicted molar refractivity (Wildman–Crippen MR) is 82.0 cm³/mol. The standard InChI is InChI=1S/C10H14.C8H16/c1-3-9(2)10-7-5-4-6-8-10;1-2-8-6-4-3-5-7-8/h4-9H,3H2,1-2H3;8H,2-7H2,1H3. The maximum atomic E-state index is 2.32. The number of hydrogen-bond donors (Lipinski definition) is 0. The van der Waals surface area contributed by atoms with E-state index in [1.165, 1.54) is 50.5 Å². The SMILES string of the molecule is CCC(C)c1ccccc1.CCC1CCCCC1. The summed E-state index contributed by atoms with van der Waals surface area (Å²) in [6.07, 6.45) is 10.2. The molecule has 1 atom stereocenters. The summed E-state index contributed by atoms with van der Waals surface area (Å²) in [5.41, 5.74) is 1.45. The third-order valence-electron chi connectivity index (χ3n) is 4.28. The molecule has 1 aromatic carbocycles. The minimum Gasteiger partial charge on any atom is -0.0651 e. The van der Waals surface area contributed by atoms with Crippen LogP contribution in [-0.2, 0) is 0 Å². The summed E-state index contributed by atoms with van der Waals surface area (Å²) in [7, 11) is 0. The minimum absolute atomic E-state index is 0.709. The quantitative estimate of drug-likeness (QED) is 0.597. The fraction of sp³-hybridized carbons (Fsp3) is 0.667. The Morgan fingerprint density at radius 2 is 1.61 bits per heavy atom. The lowest BCUT2D eigenvalue weighted by Crippen LogP contribution is -2.03. The highest BCUT2D eigenvalue weighted by molar-refractivity contribution is 5.18. The van der Waals surface area contributed by atoms with E-state index in [0.29, 0.717) is 5.92 Å². The second-order valence-electron chi connectivity index (χ2n) is 5.63. The van der Waals surface area contributed by atoms with E-state index in [2.05, 4.69) is 51.1 Å². The first-order valence-corrected chi connectivity index (χ1v) is 7.82. The number of rotatable bonds is 3. The molecule has 1 aliphatic rings. The maximum absolute atomic E-state index is 2.32. The second-order valence-corrected chi connectivity index (χ2v) is 5.63. The molecule has 0 nitrogen and oxygen atoms in total. The molecule has 0 saturated heterocycles. The molecule has 2 rings (SSSR count). The van der Waals surface area contributed by atoms with E-state index < -0.39 is 0 Å². The van der Waals surface area contributed by atoms with Gasteiger partial charge >= 0.3 is 0 Å². The zero-order chi connectivity index (χ0) is 13.2. The molecule has 1 aliphatic carbocycles. The first kappa shape index (κ1) is 15.3.